The summed E-state index contributed by atoms with van der Waals surface area (Å²) in [4.78, 5) is 0. The topological polar surface area (TPSA) is 46.2 Å². The predicted octanol–water partition coefficient (Wildman–Crippen LogP) is 4.64. The summed E-state index contributed by atoms with van der Waals surface area (Å²) >= 11 is 3.61. The van der Waals surface area contributed by atoms with Crippen molar-refractivity contribution < 1.29 is 9.15 Å². The number of nitriles is 1. The molecule has 3 rings (SSSR count). The van der Waals surface area contributed by atoms with Gasteiger partial charge in [0.2, 0.25) is 5.76 Å². The van der Waals surface area contributed by atoms with Gasteiger partial charge in [-0.25, -0.2) is 0 Å². The van der Waals surface area contributed by atoms with E-state index in [0.29, 0.717) is 17.9 Å². The quantitative estimate of drug-likeness (QED) is 0.765. The monoisotopic (exact) mass is 333 g/mol. The van der Waals surface area contributed by atoms with Gasteiger partial charge in [-0.2, -0.15) is 5.26 Å². The summed E-state index contributed by atoms with van der Waals surface area (Å²) in [5.74, 6) is 0.865. The molecule has 1 aliphatic carbocycles. The first-order valence-electron chi connectivity index (χ1n) is 6.88. The van der Waals surface area contributed by atoms with Gasteiger partial charge in [-0.1, -0.05) is 40.9 Å². The fourth-order valence-corrected chi connectivity index (χ4v) is 3.63. The van der Waals surface area contributed by atoms with Crippen molar-refractivity contribution in [3.8, 4) is 11.8 Å². The zero-order valence-electron chi connectivity index (χ0n) is 11.2. The van der Waals surface area contributed by atoms with Crippen LogP contribution in [0.1, 0.15) is 31.4 Å². The Morgan fingerprint density at radius 1 is 1.30 bits per heavy atom. The van der Waals surface area contributed by atoms with Gasteiger partial charge in [-0.15, -0.1) is 0 Å². The molecule has 104 valence electrons. The van der Waals surface area contributed by atoms with Gasteiger partial charge >= 0.3 is 0 Å². The Morgan fingerprint density at radius 3 is 2.75 bits per heavy atom. The Kier molecular flexibility index (Phi) is 3.71. The van der Waals surface area contributed by atoms with E-state index >= 15 is 0 Å². The van der Waals surface area contributed by atoms with Gasteiger partial charge in [-0.3, -0.25) is 0 Å². The molecule has 0 saturated heterocycles. The van der Waals surface area contributed by atoms with Crippen molar-refractivity contribution in [2.45, 2.75) is 25.7 Å². The highest BCUT2D eigenvalue weighted by molar-refractivity contribution is 9.09. The zero-order valence-corrected chi connectivity index (χ0v) is 12.8. The molecule has 1 aromatic carbocycles. The molecule has 1 heterocycles. The number of ether oxygens (including phenoxy) is 1. The number of furan rings is 1. The number of alkyl halides is 1. The Morgan fingerprint density at radius 2 is 2.05 bits per heavy atom. The van der Waals surface area contributed by atoms with Crippen LogP contribution in [0.25, 0.3) is 11.0 Å². The Balaban J connectivity index is 1.89. The minimum atomic E-state index is 0.200. The van der Waals surface area contributed by atoms with Crippen molar-refractivity contribution in [2.75, 3.05) is 11.9 Å². The molecule has 0 spiro atoms. The van der Waals surface area contributed by atoms with Gasteiger partial charge in [0.25, 0.3) is 0 Å². The number of benzene rings is 1. The molecule has 0 bridgehead atoms. The number of fused-ring (bicyclic) bond motifs is 1. The van der Waals surface area contributed by atoms with Crippen molar-refractivity contribution in [3.05, 3.63) is 30.0 Å². The summed E-state index contributed by atoms with van der Waals surface area (Å²) in [5.41, 5.74) is 0.906. The van der Waals surface area contributed by atoms with Gasteiger partial charge in [0.05, 0.1) is 12.0 Å². The first kappa shape index (κ1) is 13.5. The summed E-state index contributed by atoms with van der Waals surface area (Å²) < 4.78 is 11.5. The van der Waals surface area contributed by atoms with Gasteiger partial charge in [0.15, 0.2) is 5.75 Å². The van der Waals surface area contributed by atoms with E-state index in [-0.39, 0.29) is 11.2 Å². The molecule has 0 amide bonds. The molecule has 1 aliphatic rings. The molecule has 0 radical (unpaired) electrons. The van der Waals surface area contributed by atoms with E-state index in [2.05, 4.69) is 22.0 Å². The van der Waals surface area contributed by atoms with Gasteiger partial charge in [0.1, 0.15) is 11.7 Å². The second-order valence-corrected chi connectivity index (χ2v) is 6.06. The minimum absolute atomic E-state index is 0.200. The van der Waals surface area contributed by atoms with Crippen LogP contribution in [-0.2, 0) is 0 Å². The van der Waals surface area contributed by atoms with Crippen molar-refractivity contribution in [2.24, 2.45) is 5.41 Å². The van der Waals surface area contributed by atoms with Crippen LogP contribution in [0, 0.1) is 16.7 Å². The standard InChI is InChI=1S/C16H16BrNO2/c17-10-16(7-3-4-8-16)11-19-15-12-5-1-2-6-13(12)20-14(15)9-18/h1-2,5-6H,3-4,7-8,10-11H2. The lowest BCUT2D eigenvalue weighted by atomic mass is 9.90. The second kappa shape index (κ2) is 5.49. The van der Waals surface area contributed by atoms with Gasteiger partial charge in [0, 0.05) is 10.7 Å². The minimum Gasteiger partial charge on any atom is -0.488 e. The van der Waals surface area contributed by atoms with E-state index in [4.69, 9.17) is 9.15 Å². The highest BCUT2D eigenvalue weighted by atomic mass is 79.9. The van der Waals surface area contributed by atoms with E-state index in [1.807, 2.05) is 24.3 Å². The molecule has 20 heavy (non-hydrogen) atoms. The molecule has 0 unspecified atom stereocenters. The summed E-state index contributed by atoms with van der Waals surface area (Å²) in [5, 5.41) is 11.0. The van der Waals surface area contributed by atoms with Crippen molar-refractivity contribution in [3.63, 3.8) is 0 Å². The third kappa shape index (κ3) is 2.31. The molecule has 1 aromatic heterocycles. The van der Waals surface area contributed by atoms with Gasteiger partial charge < -0.3 is 9.15 Å². The van der Waals surface area contributed by atoms with Crippen molar-refractivity contribution in [1.82, 2.24) is 0 Å². The maximum atomic E-state index is 9.20. The number of hydrogen-bond donors (Lipinski definition) is 0. The molecule has 2 aromatic rings. The summed E-state index contributed by atoms with van der Waals surface area (Å²) in [6.07, 6.45) is 4.87. The average Bonchev–Trinajstić information content (AvgIpc) is 3.10. The van der Waals surface area contributed by atoms with E-state index in [9.17, 15) is 5.26 Å². The summed E-state index contributed by atoms with van der Waals surface area (Å²) in [7, 11) is 0. The molecular formula is C16H16BrNO2. The Hall–Kier alpha value is -1.47. The molecule has 0 aliphatic heterocycles. The summed E-state index contributed by atoms with van der Waals surface area (Å²) in [6, 6.07) is 9.71. The largest absolute Gasteiger partial charge is 0.488 e. The maximum absolute atomic E-state index is 9.20. The Labute approximate surface area is 126 Å². The molecule has 0 N–H and O–H groups in total. The van der Waals surface area contributed by atoms with Crippen LogP contribution in [0.5, 0.6) is 5.75 Å². The second-order valence-electron chi connectivity index (χ2n) is 5.50. The van der Waals surface area contributed by atoms with Gasteiger partial charge in [-0.05, 0) is 25.0 Å². The summed E-state index contributed by atoms with van der Waals surface area (Å²) in [6.45, 7) is 0.635. The zero-order chi connectivity index (χ0) is 14.0. The van der Waals surface area contributed by atoms with E-state index < -0.39 is 0 Å². The van der Waals surface area contributed by atoms with Crippen molar-refractivity contribution in [1.29, 1.82) is 5.26 Å². The fraction of sp³-hybridized carbons (Fsp3) is 0.438. The first-order valence-corrected chi connectivity index (χ1v) is 8.00. The smallest absolute Gasteiger partial charge is 0.246 e. The third-order valence-corrected chi connectivity index (χ3v) is 5.31. The van der Waals surface area contributed by atoms with Crippen LogP contribution in [0.4, 0.5) is 0 Å². The van der Waals surface area contributed by atoms with Crippen molar-refractivity contribution >= 4 is 26.9 Å². The van der Waals surface area contributed by atoms with E-state index in [1.54, 1.807) is 0 Å². The normalized spacial score (nSPS) is 17.2. The number of halogens is 1. The highest BCUT2D eigenvalue weighted by Gasteiger charge is 2.34. The lowest BCUT2D eigenvalue weighted by Crippen LogP contribution is -2.27. The number of rotatable bonds is 4. The van der Waals surface area contributed by atoms with Crippen LogP contribution >= 0.6 is 15.9 Å². The molecule has 4 heteroatoms. The number of nitrogens with zero attached hydrogens (tertiary/aromatic N) is 1. The molecule has 1 fully saturated rings. The number of hydrogen-bond acceptors (Lipinski definition) is 3. The SMILES string of the molecule is N#Cc1oc2ccccc2c1OCC1(CBr)CCCC1. The van der Waals surface area contributed by atoms with Crippen LogP contribution < -0.4 is 4.74 Å². The maximum Gasteiger partial charge on any atom is 0.246 e. The molecule has 3 nitrogen and oxygen atoms in total. The third-order valence-electron chi connectivity index (χ3n) is 4.12. The van der Waals surface area contributed by atoms with Crippen LogP contribution in [0.15, 0.2) is 28.7 Å². The Bertz CT molecular complexity index is 650. The lowest BCUT2D eigenvalue weighted by molar-refractivity contribution is 0.174. The average molecular weight is 334 g/mol. The predicted molar refractivity (Wildman–Crippen MR) is 81.1 cm³/mol. The van der Waals surface area contributed by atoms with Crippen LogP contribution in [0.3, 0.4) is 0 Å². The highest BCUT2D eigenvalue weighted by Crippen LogP contribution is 2.41. The molecule has 0 atom stereocenters. The molecule has 1 saturated carbocycles. The molecular weight excluding hydrogens is 318 g/mol. The first-order chi connectivity index (χ1) is 9.78. The fourth-order valence-electron chi connectivity index (χ4n) is 2.91. The lowest BCUT2D eigenvalue weighted by Gasteiger charge is -2.26. The van der Waals surface area contributed by atoms with E-state index in [0.717, 1.165) is 10.7 Å². The van der Waals surface area contributed by atoms with Crippen LogP contribution in [-0.4, -0.2) is 11.9 Å². The number of para-hydroxylation sites is 1. The van der Waals surface area contributed by atoms with Crippen LogP contribution in [0.2, 0.25) is 0 Å². The van der Waals surface area contributed by atoms with E-state index in [1.165, 1.54) is 25.7 Å².